The Labute approximate surface area is 210 Å². The number of anilines is 1. The highest BCUT2D eigenvalue weighted by Crippen LogP contribution is 2.50. The summed E-state index contributed by atoms with van der Waals surface area (Å²) in [7, 11) is 3.16. The van der Waals surface area contributed by atoms with E-state index in [1.54, 1.807) is 38.5 Å². The number of nitrogens with one attached hydrogen (secondary N) is 1. The zero-order valence-corrected chi connectivity index (χ0v) is 20.3. The Morgan fingerprint density at radius 1 is 0.944 bits per heavy atom. The summed E-state index contributed by atoms with van der Waals surface area (Å²) in [6.45, 7) is 0. The number of hydrogen-bond donors (Lipinski definition) is 2. The van der Waals surface area contributed by atoms with Crippen molar-refractivity contribution in [3.63, 3.8) is 0 Å². The molecule has 3 aromatic carbocycles. The summed E-state index contributed by atoms with van der Waals surface area (Å²) >= 11 is 0. The van der Waals surface area contributed by atoms with Crippen LogP contribution in [-0.4, -0.2) is 30.9 Å². The van der Waals surface area contributed by atoms with Crippen LogP contribution in [0.1, 0.15) is 36.3 Å². The van der Waals surface area contributed by atoms with E-state index in [1.807, 2.05) is 59.5 Å². The Morgan fingerprint density at radius 2 is 1.64 bits per heavy atom. The highest BCUT2D eigenvalue weighted by molar-refractivity contribution is 6.19. The van der Waals surface area contributed by atoms with Gasteiger partial charge in [0.05, 0.1) is 20.1 Å². The Kier molecular flexibility index (Phi) is 6.34. The van der Waals surface area contributed by atoms with Gasteiger partial charge in [-0.2, -0.15) is 0 Å². The molecular formula is C30H28N2O4. The molecule has 6 heteroatoms. The van der Waals surface area contributed by atoms with Crippen molar-refractivity contribution < 1.29 is 19.4 Å². The summed E-state index contributed by atoms with van der Waals surface area (Å²) in [6.07, 6.45) is 1.78. The second-order valence-corrected chi connectivity index (χ2v) is 8.83. The first-order valence-corrected chi connectivity index (χ1v) is 12.0. The number of ketones is 1. The van der Waals surface area contributed by atoms with E-state index >= 15 is 0 Å². The zero-order chi connectivity index (χ0) is 25.2. The van der Waals surface area contributed by atoms with Crippen molar-refractivity contribution in [3.05, 3.63) is 107 Å². The number of carbonyl (C=O) groups is 1. The standard InChI is InChI=1S/C30H28N2O4/c1-35-21-16-17-25(36-2)22(18-21)26-27-23(14-9-15-24(27)33)32(20-12-7-4-8-13-20)30(31)28(26)29(34)19-10-5-3-6-11-19/h3-8,10-13,16-18,26,31,34H,9,14-15H2,1-2H3. The van der Waals surface area contributed by atoms with Crippen LogP contribution in [0.5, 0.6) is 11.5 Å². The number of nitrogens with zero attached hydrogens (tertiary/aromatic N) is 1. The van der Waals surface area contributed by atoms with Gasteiger partial charge in [0.2, 0.25) is 0 Å². The number of methoxy groups -OCH3 is 2. The molecule has 36 heavy (non-hydrogen) atoms. The quantitative estimate of drug-likeness (QED) is 0.421. The van der Waals surface area contributed by atoms with Crippen LogP contribution in [0.4, 0.5) is 5.69 Å². The fraction of sp³-hybridized carbons (Fsp3) is 0.200. The van der Waals surface area contributed by atoms with Gasteiger partial charge in [-0.15, -0.1) is 0 Å². The van der Waals surface area contributed by atoms with E-state index in [4.69, 9.17) is 9.47 Å². The Hall–Kier alpha value is -4.32. The average molecular weight is 481 g/mol. The summed E-state index contributed by atoms with van der Waals surface area (Å²) in [5.41, 5.74) is 3.76. The molecule has 1 aliphatic heterocycles. The molecule has 0 amide bonds. The van der Waals surface area contributed by atoms with Crippen molar-refractivity contribution in [1.82, 2.24) is 0 Å². The average Bonchev–Trinajstić information content (AvgIpc) is 2.92. The second-order valence-electron chi connectivity index (χ2n) is 8.83. The fourth-order valence-electron chi connectivity index (χ4n) is 5.18. The lowest BCUT2D eigenvalue weighted by Gasteiger charge is -2.42. The molecule has 0 saturated carbocycles. The van der Waals surface area contributed by atoms with Crippen molar-refractivity contribution in [2.75, 3.05) is 19.1 Å². The minimum atomic E-state index is -0.689. The molecule has 182 valence electrons. The lowest BCUT2D eigenvalue weighted by molar-refractivity contribution is -0.116. The van der Waals surface area contributed by atoms with Gasteiger partial charge in [-0.3, -0.25) is 15.1 Å². The molecule has 0 bridgehead atoms. The SMILES string of the molecule is COc1ccc(OC)c(C2C(=C(O)c3ccccc3)C(=N)N(c3ccccc3)C3=C2C(=O)CCC3)c1. The molecule has 1 atom stereocenters. The number of rotatable bonds is 5. The third-order valence-electron chi connectivity index (χ3n) is 6.82. The molecule has 5 rings (SSSR count). The van der Waals surface area contributed by atoms with Gasteiger partial charge in [-0.05, 0) is 43.2 Å². The third-order valence-corrected chi connectivity index (χ3v) is 6.82. The molecule has 0 aromatic heterocycles. The predicted octanol–water partition coefficient (Wildman–Crippen LogP) is 6.26. The molecule has 0 saturated heterocycles. The van der Waals surface area contributed by atoms with Gasteiger partial charge in [0.15, 0.2) is 5.78 Å². The Balaban J connectivity index is 1.87. The number of Topliss-reactive ketones (excluding diaryl/α,β-unsaturated/α-hetero) is 1. The largest absolute Gasteiger partial charge is 0.507 e. The molecule has 3 aromatic rings. The number of ether oxygens (including phenoxy) is 2. The first-order valence-electron chi connectivity index (χ1n) is 12.0. The van der Waals surface area contributed by atoms with Crippen molar-refractivity contribution in [1.29, 1.82) is 5.41 Å². The van der Waals surface area contributed by atoms with Crippen molar-refractivity contribution in [3.8, 4) is 11.5 Å². The third kappa shape index (κ3) is 3.94. The van der Waals surface area contributed by atoms with Crippen LogP contribution in [0.15, 0.2) is 95.7 Å². The lowest BCUT2D eigenvalue weighted by Crippen LogP contribution is -2.42. The number of allylic oxidation sites excluding steroid dienone is 2. The van der Waals surface area contributed by atoms with Gasteiger partial charge in [0.1, 0.15) is 23.1 Å². The summed E-state index contributed by atoms with van der Waals surface area (Å²) in [5, 5.41) is 21.1. The van der Waals surface area contributed by atoms with Crippen LogP contribution >= 0.6 is 0 Å². The van der Waals surface area contributed by atoms with Crippen LogP contribution in [0.2, 0.25) is 0 Å². The molecule has 1 heterocycles. The lowest BCUT2D eigenvalue weighted by atomic mass is 9.73. The van der Waals surface area contributed by atoms with E-state index < -0.39 is 5.92 Å². The van der Waals surface area contributed by atoms with Gasteiger partial charge >= 0.3 is 0 Å². The van der Waals surface area contributed by atoms with Crippen LogP contribution in [-0.2, 0) is 4.79 Å². The molecule has 0 fully saturated rings. The molecule has 0 spiro atoms. The van der Waals surface area contributed by atoms with Crippen LogP contribution in [0, 0.1) is 5.41 Å². The van der Waals surface area contributed by atoms with Crippen molar-refractivity contribution in [2.24, 2.45) is 0 Å². The van der Waals surface area contributed by atoms with Gasteiger partial charge in [0, 0.05) is 40.1 Å². The van der Waals surface area contributed by atoms with Gasteiger partial charge < -0.3 is 14.6 Å². The monoisotopic (exact) mass is 480 g/mol. The van der Waals surface area contributed by atoms with Gasteiger partial charge in [-0.25, -0.2) is 0 Å². The number of benzene rings is 3. The maximum Gasteiger partial charge on any atom is 0.161 e. The highest BCUT2D eigenvalue weighted by Gasteiger charge is 2.44. The number of amidine groups is 1. The fourth-order valence-corrected chi connectivity index (χ4v) is 5.18. The molecule has 2 aliphatic rings. The topological polar surface area (TPSA) is 82.8 Å². The van der Waals surface area contributed by atoms with E-state index in [2.05, 4.69) is 0 Å². The van der Waals surface area contributed by atoms with Crippen LogP contribution < -0.4 is 14.4 Å². The summed E-state index contributed by atoms with van der Waals surface area (Å²) < 4.78 is 11.2. The van der Waals surface area contributed by atoms with Crippen LogP contribution in [0.3, 0.4) is 0 Å². The summed E-state index contributed by atoms with van der Waals surface area (Å²) in [5.74, 6) is 0.577. The second kappa shape index (κ2) is 9.74. The van der Waals surface area contributed by atoms with E-state index in [0.717, 1.165) is 11.4 Å². The molecule has 6 nitrogen and oxygen atoms in total. The Bertz CT molecular complexity index is 1380. The Morgan fingerprint density at radius 3 is 2.31 bits per heavy atom. The molecule has 1 unspecified atom stereocenters. The molecule has 1 aliphatic carbocycles. The summed E-state index contributed by atoms with van der Waals surface area (Å²) in [6, 6.07) is 24.1. The molecule has 2 N–H and O–H groups in total. The first kappa shape index (κ1) is 23.4. The predicted molar refractivity (Wildman–Crippen MR) is 141 cm³/mol. The van der Waals surface area contributed by atoms with Crippen LogP contribution in [0.25, 0.3) is 5.76 Å². The number of carbonyl (C=O) groups excluding carboxylic acids is 1. The number of para-hydroxylation sites is 1. The summed E-state index contributed by atoms with van der Waals surface area (Å²) in [4.78, 5) is 15.4. The van der Waals surface area contributed by atoms with E-state index in [1.165, 1.54) is 0 Å². The van der Waals surface area contributed by atoms with Crippen molar-refractivity contribution >= 4 is 23.1 Å². The minimum absolute atomic E-state index is 0.0120. The smallest absolute Gasteiger partial charge is 0.161 e. The van der Waals surface area contributed by atoms with Crippen molar-refractivity contribution in [2.45, 2.75) is 25.2 Å². The maximum absolute atomic E-state index is 13.6. The molecular weight excluding hydrogens is 452 g/mol. The van der Waals surface area contributed by atoms with E-state index in [-0.39, 0.29) is 17.4 Å². The normalized spacial score (nSPS) is 19.2. The number of hydrogen-bond acceptors (Lipinski definition) is 5. The highest BCUT2D eigenvalue weighted by atomic mass is 16.5. The van der Waals surface area contributed by atoms with Gasteiger partial charge in [0.25, 0.3) is 0 Å². The zero-order valence-electron chi connectivity index (χ0n) is 20.3. The minimum Gasteiger partial charge on any atom is -0.507 e. The van der Waals surface area contributed by atoms with Gasteiger partial charge in [-0.1, -0.05) is 48.5 Å². The van der Waals surface area contributed by atoms with E-state index in [9.17, 15) is 15.3 Å². The first-order chi connectivity index (χ1) is 17.5. The molecule has 0 radical (unpaired) electrons. The maximum atomic E-state index is 13.6. The number of aliphatic hydroxyl groups is 1. The van der Waals surface area contributed by atoms with E-state index in [0.29, 0.717) is 53.0 Å². The number of aliphatic hydroxyl groups excluding tert-OH is 1.